The molecule has 4 N–H and O–H groups in total. The summed E-state index contributed by atoms with van der Waals surface area (Å²) in [5.41, 5.74) is 0. The van der Waals surface area contributed by atoms with Crippen molar-refractivity contribution < 1.29 is 29.1 Å². The van der Waals surface area contributed by atoms with Crippen LogP contribution in [0.4, 0.5) is 4.79 Å². The minimum Gasteiger partial charge on any atom is -0.481 e. The van der Waals surface area contributed by atoms with E-state index in [0.717, 1.165) is 83.5 Å². The van der Waals surface area contributed by atoms with E-state index in [-0.39, 0.29) is 73.9 Å². The minimum absolute atomic E-state index is 0.0173. The van der Waals surface area contributed by atoms with Crippen LogP contribution in [0.3, 0.4) is 0 Å². The van der Waals surface area contributed by atoms with E-state index in [0.29, 0.717) is 18.9 Å². The SMILES string of the molecule is CC(C)CCN(CC(=O)NC1CCC(NC(=O)NC2CCCCC2)CC1)C(=O)CN(CCC(=O)O)C(=O)C1CCCCC1. The van der Waals surface area contributed by atoms with Crippen LogP contribution < -0.4 is 16.0 Å². The van der Waals surface area contributed by atoms with Crippen molar-refractivity contribution in [2.45, 2.75) is 135 Å². The predicted octanol–water partition coefficient (Wildman–Crippen LogP) is 3.80. The fourth-order valence-electron chi connectivity index (χ4n) is 6.56. The topological polar surface area (TPSA) is 148 Å². The van der Waals surface area contributed by atoms with E-state index < -0.39 is 5.97 Å². The van der Waals surface area contributed by atoms with Gasteiger partial charge in [-0.1, -0.05) is 52.4 Å². The second-order valence-corrected chi connectivity index (χ2v) is 13.3. The molecule has 0 unspecified atom stereocenters. The van der Waals surface area contributed by atoms with Crippen LogP contribution in [-0.2, 0) is 19.2 Å². The van der Waals surface area contributed by atoms with Gasteiger partial charge in [-0.3, -0.25) is 19.2 Å². The first-order valence-corrected chi connectivity index (χ1v) is 16.8. The zero-order valence-electron chi connectivity index (χ0n) is 26.4. The Balaban J connectivity index is 1.50. The standard InChI is InChI=1S/C32H55N5O6/c1-23(2)17-19-36(29(39)22-37(20-18-30(40)41)31(42)24-9-5-3-6-10-24)21-28(38)33-26-13-15-27(16-14-26)35-32(43)34-25-11-7-4-8-12-25/h23-27H,3-22H2,1-2H3,(H,33,38)(H,40,41)(H2,34,35,43). The fourth-order valence-corrected chi connectivity index (χ4v) is 6.56. The summed E-state index contributed by atoms with van der Waals surface area (Å²) < 4.78 is 0. The highest BCUT2D eigenvalue weighted by molar-refractivity contribution is 5.89. The van der Waals surface area contributed by atoms with E-state index in [1.807, 2.05) is 0 Å². The number of amides is 5. The largest absolute Gasteiger partial charge is 0.481 e. The molecule has 3 fully saturated rings. The average molecular weight is 606 g/mol. The molecule has 0 bridgehead atoms. The highest BCUT2D eigenvalue weighted by Crippen LogP contribution is 2.26. The smallest absolute Gasteiger partial charge is 0.315 e. The van der Waals surface area contributed by atoms with Crippen LogP contribution in [0.1, 0.15) is 117 Å². The molecular weight excluding hydrogens is 550 g/mol. The molecule has 3 aliphatic rings. The molecular formula is C32H55N5O6. The van der Waals surface area contributed by atoms with Gasteiger partial charge < -0.3 is 30.9 Å². The van der Waals surface area contributed by atoms with Crippen LogP contribution in [0.25, 0.3) is 0 Å². The predicted molar refractivity (Wildman–Crippen MR) is 164 cm³/mol. The summed E-state index contributed by atoms with van der Waals surface area (Å²) >= 11 is 0. The number of carboxylic acids is 1. The maximum absolute atomic E-state index is 13.5. The van der Waals surface area contributed by atoms with Crippen molar-refractivity contribution in [1.29, 1.82) is 0 Å². The number of carboxylic acid groups (broad SMARTS) is 1. The molecule has 3 aliphatic carbocycles. The molecule has 3 rings (SSSR count). The second kappa shape index (κ2) is 18.1. The highest BCUT2D eigenvalue weighted by Gasteiger charge is 2.30. The third-order valence-electron chi connectivity index (χ3n) is 9.22. The molecule has 5 amide bonds. The average Bonchev–Trinajstić information content (AvgIpc) is 2.98. The molecule has 3 saturated carbocycles. The first-order valence-electron chi connectivity index (χ1n) is 16.8. The third-order valence-corrected chi connectivity index (χ3v) is 9.22. The van der Waals surface area contributed by atoms with E-state index in [9.17, 15) is 29.1 Å². The van der Waals surface area contributed by atoms with E-state index in [1.165, 1.54) is 16.2 Å². The number of carbonyl (C=O) groups is 5. The van der Waals surface area contributed by atoms with Crippen molar-refractivity contribution >= 4 is 29.7 Å². The Bertz CT molecular complexity index is 923. The Morgan fingerprint density at radius 2 is 1.21 bits per heavy atom. The quantitative estimate of drug-likeness (QED) is 0.237. The first kappa shape index (κ1) is 34.6. The Kier molecular flexibility index (Phi) is 14.6. The lowest BCUT2D eigenvalue weighted by molar-refractivity contribution is -0.146. The Morgan fingerprint density at radius 3 is 1.77 bits per heavy atom. The zero-order valence-corrected chi connectivity index (χ0v) is 26.4. The minimum atomic E-state index is -1.01. The van der Waals surface area contributed by atoms with Gasteiger partial charge in [-0.15, -0.1) is 0 Å². The Hall–Kier alpha value is -2.85. The van der Waals surface area contributed by atoms with Gasteiger partial charge in [0.05, 0.1) is 19.5 Å². The van der Waals surface area contributed by atoms with Gasteiger partial charge in [-0.25, -0.2) is 4.79 Å². The lowest BCUT2D eigenvalue weighted by atomic mass is 9.88. The zero-order chi connectivity index (χ0) is 31.2. The third kappa shape index (κ3) is 12.7. The first-order chi connectivity index (χ1) is 20.6. The molecule has 0 atom stereocenters. The van der Waals surface area contributed by atoms with Crippen LogP contribution in [-0.4, -0.2) is 88.9 Å². The summed E-state index contributed by atoms with van der Waals surface area (Å²) in [5.74, 6) is -1.59. The van der Waals surface area contributed by atoms with E-state index in [4.69, 9.17) is 0 Å². The molecule has 11 nitrogen and oxygen atoms in total. The molecule has 0 aliphatic heterocycles. The van der Waals surface area contributed by atoms with Crippen molar-refractivity contribution in [3.05, 3.63) is 0 Å². The van der Waals surface area contributed by atoms with Crippen LogP contribution in [0.15, 0.2) is 0 Å². The monoisotopic (exact) mass is 605 g/mol. The number of hydrogen-bond acceptors (Lipinski definition) is 5. The van der Waals surface area contributed by atoms with Gasteiger partial charge in [-0.2, -0.15) is 0 Å². The summed E-state index contributed by atoms with van der Waals surface area (Å²) in [6.07, 6.45) is 13.7. The van der Waals surface area contributed by atoms with Crippen molar-refractivity contribution in [2.24, 2.45) is 11.8 Å². The molecule has 0 heterocycles. The van der Waals surface area contributed by atoms with Crippen molar-refractivity contribution in [3.63, 3.8) is 0 Å². The van der Waals surface area contributed by atoms with Gasteiger partial charge >= 0.3 is 12.0 Å². The molecule has 11 heteroatoms. The van der Waals surface area contributed by atoms with Crippen LogP contribution >= 0.6 is 0 Å². The Morgan fingerprint density at radius 1 is 0.674 bits per heavy atom. The molecule has 0 aromatic heterocycles. The van der Waals surface area contributed by atoms with Gasteiger partial charge in [0.25, 0.3) is 0 Å². The number of aliphatic carboxylic acids is 1. The molecule has 0 radical (unpaired) electrons. The number of carbonyl (C=O) groups excluding carboxylic acids is 4. The molecule has 244 valence electrons. The van der Waals surface area contributed by atoms with Crippen LogP contribution in [0.5, 0.6) is 0 Å². The molecule has 43 heavy (non-hydrogen) atoms. The molecule has 0 aromatic carbocycles. The molecule has 0 spiro atoms. The van der Waals surface area contributed by atoms with Crippen molar-refractivity contribution in [1.82, 2.24) is 25.8 Å². The van der Waals surface area contributed by atoms with Gasteiger partial charge in [0.1, 0.15) is 0 Å². The van der Waals surface area contributed by atoms with Crippen LogP contribution in [0, 0.1) is 11.8 Å². The summed E-state index contributed by atoms with van der Waals surface area (Å²) in [5, 5.41) is 18.5. The van der Waals surface area contributed by atoms with Crippen molar-refractivity contribution in [2.75, 3.05) is 26.2 Å². The summed E-state index contributed by atoms with van der Waals surface area (Å²) in [4.78, 5) is 66.4. The maximum atomic E-state index is 13.5. The number of nitrogens with one attached hydrogen (secondary N) is 3. The Labute approximate surface area is 257 Å². The number of hydrogen-bond donors (Lipinski definition) is 4. The number of rotatable bonds is 14. The van der Waals surface area contributed by atoms with E-state index in [1.54, 1.807) is 0 Å². The maximum Gasteiger partial charge on any atom is 0.315 e. The summed E-state index contributed by atoms with van der Waals surface area (Å²) in [6, 6.07) is 0.228. The summed E-state index contributed by atoms with van der Waals surface area (Å²) in [7, 11) is 0. The van der Waals surface area contributed by atoms with Crippen LogP contribution in [0.2, 0.25) is 0 Å². The van der Waals surface area contributed by atoms with Gasteiger partial charge in [-0.05, 0) is 63.7 Å². The summed E-state index contributed by atoms with van der Waals surface area (Å²) in [6.45, 7) is 4.16. The van der Waals surface area contributed by atoms with E-state index in [2.05, 4.69) is 29.8 Å². The molecule has 0 saturated heterocycles. The lowest BCUT2D eigenvalue weighted by Gasteiger charge is -2.32. The normalized spacial score (nSPS) is 21.6. The van der Waals surface area contributed by atoms with Gasteiger partial charge in [0.2, 0.25) is 17.7 Å². The lowest BCUT2D eigenvalue weighted by Crippen LogP contribution is -2.51. The number of urea groups is 1. The van der Waals surface area contributed by atoms with Gasteiger partial charge in [0, 0.05) is 37.1 Å². The number of nitrogens with zero attached hydrogens (tertiary/aromatic N) is 2. The van der Waals surface area contributed by atoms with Gasteiger partial charge in [0.15, 0.2) is 0 Å². The van der Waals surface area contributed by atoms with Crippen molar-refractivity contribution in [3.8, 4) is 0 Å². The van der Waals surface area contributed by atoms with E-state index >= 15 is 0 Å². The molecule has 0 aromatic rings. The highest BCUT2D eigenvalue weighted by atomic mass is 16.4. The fraction of sp³-hybridized carbons (Fsp3) is 0.844. The second-order valence-electron chi connectivity index (χ2n) is 13.3.